The van der Waals surface area contributed by atoms with Gasteiger partial charge in [-0.05, 0) is 54.3 Å². The molecule has 6 nitrogen and oxygen atoms in total. The summed E-state index contributed by atoms with van der Waals surface area (Å²) in [5, 5.41) is 0.532. The van der Waals surface area contributed by atoms with E-state index in [1.54, 1.807) is 6.07 Å². The van der Waals surface area contributed by atoms with Crippen LogP contribution in [-0.4, -0.2) is 28.7 Å². The molecule has 7 heteroatoms. The van der Waals surface area contributed by atoms with Crippen LogP contribution >= 0.6 is 11.6 Å². The maximum Gasteiger partial charge on any atom is 0.320 e. The van der Waals surface area contributed by atoms with E-state index in [0.29, 0.717) is 28.8 Å². The Morgan fingerprint density at radius 2 is 1.67 bits per heavy atom. The molecule has 0 aliphatic carbocycles. The molecule has 0 bridgehead atoms. The molecule has 1 atom stereocenters. The van der Waals surface area contributed by atoms with Gasteiger partial charge in [0.1, 0.15) is 5.75 Å². The normalized spacial score (nSPS) is 12.5. The summed E-state index contributed by atoms with van der Waals surface area (Å²) in [5.74, 6) is 1.71. The van der Waals surface area contributed by atoms with Crippen molar-refractivity contribution < 1.29 is 9.47 Å². The number of halogens is 1. The Balaban J connectivity index is 1.97. The third-order valence-electron chi connectivity index (χ3n) is 4.34. The van der Waals surface area contributed by atoms with E-state index in [1.165, 1.54) is 7.11 Å². The molecule has 3 aromatic rings. The zero-order valence-corrected chi connectivity index (χ0v) is 18.7. The number of rotatable bonds is 6. The number of methoxy groups -OCH3 is 1. The molecule has 1 aromatic heterocycles. The number of aromatic nitrogens is 3. The fourth-order valence-corrected chi connectivity index (χ4v) is 2.90. The van der Waals surface area contributed by atoms with Crippen LogP contribution in [-0.2, 0) is 0 Å². The van der Waals surface area contributed by atoms with Crippen molar-refractivity contribution in [3.05, 3.63) is 53.1 Å². The second-order valence-corrected chi connectivity index (χ2v) is 8.78. The minimum atomic E-state index is -0.134. The number of nitrogens with two attached hydrogens (primary N) is 1. The predicted octanol–water partition coefficient (Wildman–Crippen LogP) is 5.31. The van der Waals surface area contributed by atoms with Gasteiger partial charge in [0.25, 0.3) is 0 Å². The molecule has 0 fully saturated rings. The van der Waals surface area contributed by atoms with Crippen LogP contribution in [0.5, 0.6) is 11.8 Å². The SMILES string of the molecule is COc1nc(-c2ccc(OCC(C)(C)C)cc2)nc(-c2cc(C(C)N)ccc2Cl)n1. The molecule has 1 heterocycles. The standard InChI is InChI=1S/C23H27ClN4O2/c1-14(25)16-8-11-19(24)18(12-16)21-26-20(27-22(28-21)29-5)15-6-9-17(10-7-15)30-13-23(2,3)4/h6-12,14H,13,25H2,1-5H3. The lowest BCUT2D eigenvalue weighted by molar-refractivity contribution is 0.198. The van der Waals surface area contributed by atoms with Gasteiger partial charge in [-0.25, -0.2) is 4.98 Å². The summed E-state index contributed by atoms with van der Waals surface area (Å²) < 4.78 is 11.1. The first-order valence-electron chi connectivity index (χ1n) is 9.75. The van der Waals surface area contributed by atoms with Gasteiger partial charge in [-0.15, -0.1) is 0 Å². The lowest BCUT2D eigenvalue weighted by Gasteiger charge is -2.18. The molecular weight excluding hydrogens is 400 g/mol. The van der Waals surface area contributed by atoms with Crippen molar-refractivity contribution in [2.45, 2.75) is 33.7 Å². The Labute approximate surface area is 182 Å². The second kappa shape index (κ2) is 8.98. The molecule has 0 aliphatic rings. The van der Waals surface area contributed by atoms with E-state index in [4.69, 9.17) is 26.8 Å². The van der Waals surface area contributed by atoms with Crippen molar-refractivity contribution >= 4 is 11.6 Å². The van der Waals surface area contributed by atoms with Gasteiger partial charge in [-0.3, -0.25) is 0 Å². The molecule has 0 spiro atoms. The number of ether oxygens (including phenoxy) is 2. The Morgan fingerprint density at radius 3 is 2.27 bits per heavy atom. The van der Waals surface area contributed by atoms with Crippen molar-refractivity contribution in [3.63, 3.8) is 0 Å². The summed E-state index contributed by atoms with van der Waals surface area (Å²) in [4.78, 5) is 13.4. The Bertz CT molecular complexity index is 1010. The van der Waals surface area contributed by atoms with Gasteiger partial charge in [-0.1, -0.05) is 38.4 Å². The van der Waals surface area contributed by atoms with Crippen LogP contribution in [0.1, 0.15) is 39.3 Å². The minimum Gasteiger partial charge on any atom is -0.493 e. The van der Waals surface area contributed by atoms with E-state index in [2.05, 4.69) is 35.7 Å². The molecule has 158 valence electrons. The number of benzene rings is 2. The van der Waals surface area contributed by atoms with Crippen LogP contribution in [0.15, 0.2) is 42.5 Å². The van der Waals surface area contributed by atoms with Gasteiger partial charge in [0.15, 0.2) is 11.6 Å². The summed E-state index contributed by atoms with van der Waals surface area (Å²) in [7, 11) is 1.52. The average molecular weight is 427 g/mol. The van der Waals surface area contributed by atoms with Crippen LogP contribution in [0, 0.1) is 5.41 Å². The van der Waals surface area contributed by atoms with Crippen LogP contribution in [0.2, 0.25) is 5.02 Å². The molecule has 1 unspecified atom stereocenters. The monoisotopic (exact) mass is 426 g/mol. The summed E-state index contributed by atoms with van der Waals surface area (Å²) >= 11 is 6.42. The predicted molar refractivity (Wildman–Crippen MR) is 120 cm³/mol. The van der Waals surface area contributed by atoms with E-state index in [9.17, 15) is 0 Å². The molecule has 0 saturated carbocycles. The highest BCUT2D eigenvalue weighted by molar-refractivity contribution is 6.33. The van der Waals surface area contributed by atoms with Crippen molar-refractivity contribution in [2.24, 2.45) is 11.1 Å². The van der Waals surface area contributed by atoms with Gasteiger partial charge < -0.3 is 15.2 Å². The molecule has 0 aliphatic heterocycles. The largest absolute Gasteiger partial charge is 0.493 e. The van der Waals surface area contributed by atoms with Crippen LogP contribution in [0.3, 0.4) is 0 Å². The molecule has 0 amide bonds. The van der Waals surface area contributed by atoms with Crippen molar-refractivity contribution in [3.8, 4) is 34.5 Å². The summed E-state index contributed by atoms with van der Waals surface area (Å²) in [6.45, 7) is 8.93. The Hall–Kier alpha value is -2.70. The first-order chi connectivity index (χ1) is 14.2. The van der Waals surface area contributed by atoms with Gasteiger partial charge in [0.2, 0.25) is 0 Å². The van der Waals surface area contributed by atoms with Crippen molar-refractivity contribution in [2.75, 3.05) is 13.7 Å². The van der Waals surface area contributed by atoms with Gasteiger partial charge in [0, 0.05) is 17.2 Å². The fourth-order valence-electron chi connectivity index (χ4n) is 2.69. The minimum absolute atomic E-state index is 0.0873. The van der Waals surface area contributed by atoms with Crippen LogP contribution in [0.25, 0.3) is 22.8 Å². The molecule has 0 radical (unpaired) electrons. The zero-order valence-electron chi connectivity index (χ0n) is 17.9. The fraction of sp³-hybridized carbons (Fsp3) is 0.348. The maximum atomic E-state index is 6.42. The van der Waals surface area contributed by atoms with E-state index < -0.39 is 0 Å². The first kappa shape index (κ1) is 22.0. The summed E-state index contributed by atoms with van der Waals surface area (Å²) in [5.41, 5.74) is 8.55. The topological polar surface area (TPSA) is 83.2 Å². The van der Waals surface area contributed by atoms with Crippen LogP contribution < -0.4 is 15.2 Å². The number of hydrogen-bond acceptors (Lipinski definition) is 6. The molecule has 3 rings (SSSR count). The highest BCUT2D eigenvalue weighted by atomic mass is 35.5. The Kier molecular flexibility index (Phi) is 6.58. The van der Waals surface area contributed by atoms with E-state index in [0.717, 1.165) is 16.9 Å². The van der Waals surface area contributed by atoms with E-state index in [-0.39, 0.29) is 17.5 Å². The maximum absolute atomic E-state index is 6.42. The van der Waals surface area contributed by atoms with Crippen molar-refractivity contribution in [1.29, 1.82) is 0 Å². The van der Waals surface area contributed by atoms with Crippen molar-refractivity contribution in [1.82, 2.24) is 15.0 Å². The van der Waals surface area contributed by atoms with Gasteiger partial charge in [-0.2, -0.15) is 9.97 Å². The first-order valence-corrected chi connectivity index (χ1v) is 10.1. The average Bonchev–Trinajstić information content (AvgIpc) is 2.72. The van der Waals surface area contributed by atoms with Gasteiger partial charge >= 0.3 is 6.01 Å². The van der Waals surface area contributed by atoms with Gasteiger partial charge in [0.05, 0.1) is 18.7 Å². The summed E-state index contributed by atoms with van der Waals surface area (Å²) in [6.07, 6.45) is 0. The third-order valence-corrected chi connectivity index (χ3v) is 4.67. The van der Waals surface area contributed by atoms with E-state index >= 15 is 0 Å². The smallest absolute Gasteiger partial charge is 0.320 e. The number of nitrogens with zero attached hydrogens (tertiary/aromatic N) is 3. The highest BCUT2D eigenvalue weighted by Crippen LogP contribution is 2.30. The second-order valence-electron chi connectivity index (χ2n) is 8.37. The molecule has 0 saturated heterocycles. The zero-order chi connectivity index (χ0) is 21.9. The molecule has 2 aromatic carbocycles. The quantitative estimate of drug-likeness (QED) is 0.574. The van der Waals surface area contributed by atoms with Crippen LogP contribution in [0.4, 0.5) is 0 Å². The highest BCUT2D eigenvalue weighted by Gasteiger charge is 2.15. The third kappa shape index (κ3) is 5.46. The summed E-state index contributed by atoms with van der Waals surface area (Å²) in [6, 6.07) is 13.3. The van der Waals surface area contributed by atoms with E-state index in [1.807, 2.05) is 43.3 Å². The molecular formula is C23H27ClN4O2. The lowest BCUT2D eigenvalue weighted by atomic mass is 9.99. The lowest BCUT2D eigenvalue weighted by Crippen LogP contribution is -2.16. The molecule has 30 heavy (non-hydrogen) atoms. The molecule has 2 N–H and O–H groups in total. The number of hydrogen-bond donors (Lipinski definition) is 1. The Morgan fingerprint density at radius 1 is 1.00 bits per heavy atom.